The van der Waals surface area contributed by atoms with Gasteiger partial charge in [0, 0.05) is 23.2 Å². The Morgan fingerprint density at radius 3 is 2.68 bits per heavy atom. The summed E-state index contributed by atoms with van der Waals surface area (Å²) in [7, 11) is 0. The van der Waals surface area contributed by atoms with E-state index >= 15 is 0 Å². The van der Waals surface area contributed by atoms with Crippen LogP contribution in [-0.4, -0.2) is 24.2 Å². The summed E-state index contributed by atoms with van der Waals surface area (Å²) >= 11 is 12.0. The van der Waals surface area contributed by atoms with Crippen LogP contribution in [0.25, 0.3) is 0 Å². The number of aliphatic imine (C=N–C) groups is 1. The Morgan fingerprint density at radius 1 is 1.42 bits per heavy atom. The number of benzene rings is 1. The van der Waals surface area contributed by atoms with Crippen molar-refractivity contribution in [3.63, 3.8) is 0 Å². The summed E-state index contributed by atoms with van der Waals surface area (Å²) in [5.74, 6) is 0.425. The zero-order valence-corrected chi connectivity index (χ0v) is 12.5. The molecule has 0 radical (unpaired) electrons. The smallest absolute Gasteiger partial charge is 0.189 e. The van der Waals surface area contributed by atoms with E-state index in [0.29, 0.717) is 22.5 Å². The van der Waals surface area contributed by atoms with Crippen LogP contribution in [0.4, 0.5) is 0 Å². The van der Waals surface area contributed by atoms with E-state index in [9.17, 15) is 0 Å². The fourth-order valence-corrected chi connectivity index (χ4v) is 2.08. The van der Waals surface area contributed by atoms with Gasteiger partial charge in [0.25, 0.3) is 0 Å². The molecule has 4 N–H and O–H groups in total. The molecular formula is C13H19Cl2N3O. The van der Waals surface area contributed by atoms with Crippen LogP contribution in [0, 0.1) is 5.92 Å². The number of nitrogens with two attached hydrogens (primary N) is 1. The average molecular weight is 304 g/mol. The van der Waals surface area contributed by atoms with Crippen LogP contribution in [0.2, 0.25) is 10.0 Å². The van der Waals surface area contributed by atoms with Crippen molar-refractivity contribution in [2.45, 2.75) is 19.9 Å². The minimum Gasteiger partial charge on any atom is -0.396 e. The number of nitrogens with zero attached hydrogens (tertiary/aromatic N) is 1. The molecule has 0 saturated heterocycles. The highest BCUT2D eigenvalue weighted by Gasteiger charge is 2.10. The van der Waals surface area contributed by atoms with Gasteiger partial charge in [0.1, 0.15) is 0 Å². The van der Waals surface area contributed by atoms with Crippen molar-refractivity contribution in [1.29, 1.82) is 0 Å². The lowest BCUT2D eigenvalue weighted by Crippen LogP contribution is -2.34. The van der Waals surface area contributed by atoms with Crippen molar-refractivity contribution in [1.82, 2.24) is 5.32 Å². The van der Waals surface area contributed by atoms with E-state index < -0.39 is 0 Å². The summed E-state index contributed by atoms with van der Waals surface area (Å²) < 4.78 is 0. The number of nitrogens with one attached hydrogen (secondary N) is 1. The molecule has 0 spiro atoms. The van der Waals surface area contributed by atoms with Gasteiger partial charge in [-0.2, -0.15) is 0 Å². The minimum atomic E-state index is -0.0713. The Morgan fingerprint density at radius 2 is 2.11 bits per heavy atom. The number of guanidine groups is 1. The molecule has 4 nitrogen and oxygen atoms in total. The van der Waals surface area contributed by atoms with Gasteiger partial charge in [-0.1, -0.05) is 36.2 Å². The third-order valence-corrected chi connectivity index (χ3v) is 3.24. The summed E-state index contributed by atoms with van der Waals surface area (Å²) in [5.41, 5.74) is 6.69. The van der Waals surface area contributed by atoms with Gasteiger partial charge in [0.05, 0.1) is 6.04 Å². The first kappa shape index (κ1) is 16.1. The second-order valence-electron chi connectivity index (χ2n) is 4.55. The number of hydrogen-bond acceptors (Lipinski definition) is 2. The van der Waals surface area contributed by atoms with E-state index in [-0.39, 0.29) is 18.6 Å². The van der Waals surface area contributed by atoms with Gasteiger partial charge in [-0.3, -0.25) is 4.99 Å². The molecule has 0 heterocycles. The lowest BCUT2D eigenvalue weighted by molar-refractivity contribution is 0.241. The minimum absolute atomic E-state index is 0.0713. The standard InChI is InChI=1S/C13H19Cl2N3O/c1-8(7-19)6-17-13(16)18-9(2)11-4-3-10(14)5-12(11)15/h3-5,8-9,19H,6-7H2,1-2H3,(H3,16,17,18). The normalized spacial score (nSPS) is 15.1. The molecule has 0 bridgehead atoms. The highest BCUT2D eigenvalue weighted by Crippen LogP contribution is 2.25. The Balaban J connectivity index is 2.66. The highest BCUT2D eigenvalue weighted by atomic mass is 35.5. The van der Waals surface area contributed by atoms with Gasteiger partial charge in [-0.05, 0) is 30.5 Å². The maximum atomic E-state index is 8.91. The predicted octanol–water partition coefficient (Wildman–Crippen LogP) is 2.59. The first-order chi connectivity index (χ1) is 8.93. The molecule has 6 heteroatoms. The predicted molar refractivity (Wildman–Crippen MR) is 80.8 cm³/mol. The summed E-state index contributed by atoms with van der Waals surface area (Å²) in [6.07, 6.45) is 0. The first-order valence-corrected chi connectivity index (χ1v) is 6.82. The molecule has 1 aromatic rings. The van der Waals surface area contributed by atoms with Gasteiger partial charge in [-0.15, -0.1) is 0 Å². The Labute approximate surface area is 123 Å². The summed E-state index contributed by atoms with van der Waals surface area (Å²) in [6.45, 7) is 4.41. The molecular weight excluding hydrogens is 285 g/mol. The zero-order chi connectivity index (χ0) is 14.4. The van der Waals surface area contributed by atoms with E-state index in [1.54, 1.807) is 12.1 Å². The molecule has 0 fully saturated rings. The van der Waals surface area contributed by atoms with Crippen molar-refractivity contribution >= 4 is 29.2 Å². The van der Waals surface area contributed by atoms with Crippen molar-refractivity contribution in [2.24, 2.45) is 16.6 Å². The second-order valence-corrected chi connectivity index (χ2v) is 5.39. The number of hydrogen-bond donors (Lipinski definition) is 3. The van der Waals surface area contributed by atoms with Crippen molar-refractivity contribution in [3.05, 3.63) is 33.8 Å². The molecule has 0 aromatic heterocycles. The monoisotopic (exact) mass is 303 g/mol. The molecule has 1 rings (SSSR count). The van der Waals surface area contributed by atoms with Crippen LogP contribution in [0.5, 0.6) is 0 Å². The molecule has 2 unspecified atom stereocenters. The van der Waals surface area contributed by atoms with Crippen molar-refractivity contribution in [3.8, 4) is 0 Å². The van der Waals surface area contributed by atoms with Gasteiger partial charge in [0.2, 0.25) is 0 Å². The molecule has 106 valence electrons. The molecule has 0 aliphatic carbocycles. The Bertz CT molecular complexity index is 452. The second kappa shape index (κ2) is 7.58. The fourth-order valence-electron chi connectivity index (χ4n) is 1.51. The summed E-state index contributed by atoms with van der Waals surface area (Å²) in [6, 6.07) is 5.25. The van der Waals surface area contributed by atoms with Crippen LogP contribution < -0.4 is 11.1 Å². The lowest BCUT2D eigenvalue weighted by Gasteiger charge is -2.16. The Hall–Kier alpha value is -0.970. The van der Waals surface area contributed by atoms with Crippen LogP contribution in [0.1, 0.15) is 25.5 Å². The van der Waals surface area contributed by atoms with E-state index in [4.69, 9.17) is 34.0 Å². The van der Waals surface area contributed by atoms with E-state index in [2.05, 4.69) is 10.3 Å². The van der Waals surface area contributed by atoms with Crippen molar-refractivity contribution in [2.75, 3.05) is 13.2 Å². The molecule has 0 aliphatic rings. The largest absolute Gasteiger partial charge is 0.396 e. The van der Waals surface area contributed by atoms with Crippen LogP contribution >= 0.6 is 23.2 Å². The van der Waals surface area contributed by atoms with Gasteiger partial charge >= 0.3 is 0 Å². The van der Waals surface area contributed by atoms with Gasteiger partial charge in [0.15, 0.2) is 5.96 Å². The molecule has 1 aromatic carbocycles. The Kier molecular flexibility index (Phi) is 6.42. The maximum Gasteiger partial charge on any atom is 0.189 e. The molecule has 0 aliphatic heterocycles. The fraction of sp³-hybridized carbons (Fsp3) is 0.462. The third-order valence-electron chi connectivity index (χ3n) is 2.68. The summed E-state index contributed by atoms with van der Waals surface area (Å²) in [5, 5.41) is 13.1. The maximum absolute atomic E-state index is 8.91. The lowest BCUT2D eigenvalue weighted by atomic mass is 10.1. The van der Waals surface area contributed by atoms with E-state index in [1.165, 1.54) is 0 Å². The van der Waals surface area contributed by atoms with E-state index in [1.807, 2.05) is 19.9 Å². The number of aliphatic hydroxyl groups is 1. The van der Waals surface area contributed by atoms with Crippen LogP contribution in [-0.2, 0) is 0 Å². The molecule has 0 amide bonds. The van der Waals surface area contributed by atoms with Crippen LogP contribution in [0.3, 0.4) is 0 Å². The first-order valence-electron chi connectivity index (χ1n) is 6.06. The highest BCUT2D eigenvalue weighted by molar-refractivity contribution is 6.35. The van der Waals surface area contributed by atoms with Gasteiger partial charge in [-0.25, -0.2) is 0 Å². The number of halogens is 2. The zero-order valence-electron chi connectivity index (χ0n) is 11.0. The van der Waals surface area contributed by atoms with Gasteiger partial charge < -0.3 is 16.2 Å². The number of aliphatic hydroxyl groups excluding tert-OH is 1. The SMILES string of the molecule is CC(CO)CN=C(N)NC(C)c1ccc(Cl)cc1Cl. The van der Waals surface area contributed by atoms with Crippen molar-refractivity contribution < 1.29 is 5.11 Å². The van der Waals surface area contributed by atoms with Crippen LogP contribution in [0.15, 0.2) is 23.2 Å². The quantitative estimate of drug-likeness (QED) is 0.578. The third kappa shape index (κ3) is 5.27. The molecule has 0 saturated carbocycles. The average Bonchev–Trinajstić information content (AvgIpc) is 2.35. The summed E-state index contributed by atoms with van der Waals surface area (Å²) in [4.78, 5) is 4.16. The topological polar surface area (TPSA) is 70.6 Å². The molecule has 2 atom stereocenters. The number of rotatable bonds is 5. The molecule has 19 heavy (non-hydrogen) atoms. The van der Waals surface area contributed by atoms with E-state index in [0.717, 1.165) is 5.56 Å².